The summed E-state index contributed by atoms with van der Waals surface area (Å²) in [5.74, 6) is 0. The summed E-state index contributed by atoms with van der Waals surface area (Å²) >= 11 is 0. The fourth-order valence-corrected chi connectivity index (χ4v) is 2.81. The van der Waals surface area contributed by atoms with E-state index in [-0.39, 0.29) is 10.6 Å². The molecular weight excluding hydrogens is 306 g/mol. The second kappa shape index (κ2) is 6.80. The van der Waals surface area contributed by atoms with E-state index in [4.69, 9.17) is 4.74 Å². The molecular formula is C18H20N3O3+. The Morgan fingerprint density at radius 1 is 1.21 bits per heavy atom. The van der Waals surface area contributed by atoms with Gasteiger partial charge in [0.1, 0.15) is 13.1 Å². The van der Waals surface area contributed by atoms with E-state index in [9.17, 15) is 10.1 Å². The Labute approximate surface area is 140 Å². The summed E-state index contributed by atoms with van der Waals surface area (Å²) in [7, 11) is 1.70. The lowest BCUT2D eigenvalue weighted by atomic mass is 10.2. The number of nitro groups is 1. The Kier molecular flexibility index (Phi) is 4.57. The van der Waals surface area contributed by atoms with Crippen LogP contribution in [0.25, 0.3) is 11.0 Å². The highest BCUT2D eigenvalue weighted by molar-refractivity contribution is 5.72. The molecule has 3 aromatic rings. The molecule has 24 heavy (non-hydrogen) atoms. The number of nitro benzene ring substituents is 1. The van der Waals surface area contributed by atoms with Gasteiger partial charge in [0.15, 0.2) is 11.0 Å². The van der Waals surface area contributed by atoms with Crippen molar-refractivity contribution in [3.05, 3.63) is 70.0 Å². The summed E-state index contributed by atoms with van der Waals surface area (Å²) in [6.45, 7) is 4.17. The number of fused-ring (bicyclic) bond motifs is 1. The lowest BCUT2D eigenvalue weighted by Crippen LogP contribution is -2.34. The average molecular weight is 326 g/mol. The van der Waals surface area contributed by atoms with E-state index < -0.39 is 0 Å². The van der Waals surface area contributed by atoms with Crippen LogP contribution in [0, 0.1) is 17.0 Å². The number of benzene rings is 2. The van der Waals surface area contributed by atoms with Gasteiger partial charge in [-0.3, -0.25) is 10.1 Å². The number of imidazole rings is 1. The minimum atomic E-state index is -0.378. The summed E-state index contributed by atoms with van der Waals surface area (Å²) in [6.07, 6.45) is 2.07. The lowest BCUT2D eigenvalue weighted by Gasteiger charge is -1.99. The predicted molar refractivity (Wildman–Crippen MR) is 90.9 cm³/mol. The average Bonchev–Trinajstić information content (AvgIpc) is 2.90. The first kappa shape index (κ1) is 16.1. The molecule has 0 fully saturated rings. The van der Waals surface area contributed by atoms with Crippen molar-refractivity contribution in [2.45, 2.75) is 20.0 Å². The number of hydrogen-bond donors (Lipinski definition) is 0. The molecule has 0 bridgehead atoms. The Morgan fingerprint density at radius 2 is 1.96 bits per heavy atom. The molecule has 3 rings (SSSR count). The van der Waals surface area contributed by atoms with Crippen molar-refractivity contribution in [1.82, 2.24) is 4.57 Å². The smallest absolute Gasteiger partial charge is 0.269 e. The first-order chi connectivity index (χ1) is 11.6. The van der Waals surface area contributed by atoms with Gasteiger partial charge in [-0.1, -0.05) is 6.07 Å². The molecule has 0 unspecified atom stereocenters. The van der Waals surface area contributed by atoms with Gasteiger partial charge in [-0.2, -0.15) is 0 Å². The molecule has 0 saturated heterocycles. The quantitative estimate of drug-likeness (QED) is 0.397. The minimum absolute atomic E-state index is 0.113. The molecule has 0 amide bonds. The summed E-state index contributed by atoms with van der Waals surface area (Å²) in [6, 6.07) is 13.1. The van der Waals surface area contributed by atoms with Gasteiger partial charge in [-0.05, 0) is 42.3 Å². The number of aryl methyl sites for hydroxylation is 1. The molecule has 1 aromatic heterocycles. The van der Waals surface area contributed by atoms with E-state index in [0.717, 1.165) is 23.1 Å². The molecule has 0 spiro atoms. The van der Waals surface area contributed by atoms with Gasteiger partial charge in [0.05, 0.1) is 11.5 Å². The van der Waals surface area contributed by atoms with Crippen molar-refractivity contribution >= 4 is 16.7 Å². The van der Waals surface area contributed by atoms with E-state index in [1.54, 1.807) is 31.4 Å². The van der Waals surface area contributed by atoms with Gasteiger partial charge in [0, 0.05) is 19.2 Å². The summed E-state index contributed by atoms with van der Waals surface area (Å²) < 4.78 is 9.52. The molecule has 0 radical (unpaired) electrons. The molecule has 124 valence electrons. The highest BCUT2D eigenvalue weighted by atomic mass is 16.6. The van der Waals surface area contributed by atoms with Crippen LogP contribution in [-0.4, -0.2) is 23.2 Å². The molecule has 0 saturated carbocycles. The maximum absolute atomic E-state index is 10.8. The molecule has 6 heteroatoms. The Balaban J connectivity index is 1.95. The van der Waals surface area contributed by atoms with Crippen LogP contribution in [0.3, 0.4) is 0 Å². The van der Waals surface area contributed by atoms with Gasteiger partial charge in [-0.15, -0.1) is 0 Å². The van der Waals surface area contributed by atoms with E-state index in [1.165, 1.54) is 5.56 Å². The van der Waals surface area contributed by atoms with E-state index in [2.05, 4.69) is 40.6 Å². The molecule has 1 heterocycles. The fourth-order valence-electron chi connectivity index (χ4n) is 2.81. The number of hydrogen-bond acceptors (Lipinski definition) is 3. The van der Waals surface area contributed by atoms with Crippen LogP contribution in [0.2, 0.25) is 0 Å². The van der Waals surface area contributed by atoms with Crippen LogP contribution in [-0.2, 0) is 17.8 Å². The molecule has 0 atom stereocenters. The third-order valence-electron chi connectivity index (χ3n) is 4.06. The maximum Gasteiger partial charge on any atom is 0.269 e. The van der Waals surface area contributed by atoms with Crippen molar-refractivity contribution < 1.29 is 14.2 Å². The van der Waals surface area contributed by atoms with Crippen LogP contribution < -0.4 is 4.57 Å². The fraction of sp³-hybridized carbons (Fsp3) is 0.278. The monoisotopic (exact) mass is 326 g/mol. The van der Waals surface area contributed by atoms with Crippen molar-refractivity contribution in [2.24, 2.45) is 0 Å². The van der Waals surface area contributed by atoms with E-state index in [0.29, 0.717) is 13.2 Å². The first-order valence-electron chi connectivity index (χ1n) is 7.79. The first-order valence-corrected chi connectivity index (χ1v) is 7.79. The number of ether oxygens (including phenoxy) is 1. The zero-order chi connectivity index (χ0) is 17.1. The van der Waals surface area contributed by atoms with Crippen molar-refractivity contribution in [3.63, 3.8) is 0 Å². The Morgan fingerprint density at radius 3 is 2.62 bits per heavy atom. The molecule has 0 aliphatic carbocycles. The zero-order valence-electron chi connectivity index (χ0n) is 13.8. The van der Waals surface area contributed by atoms with Crippen LogP contribution >= 0.6 is 0 Å². The molecule has 0 aliphatic rings. The molecule has 6 nitrogen and oxygen atoms in total. The highest BCUT2D eigenvalue weighted by Gasteiger charge is 2.16. The van der Waals surface area contributed by atoms with Gasteiger partial charge in [0.2, 0.25) is 6.33 Å². The third-order valence-corrected chi connectivity index (χ3v) is 4.06. The number of methoxy groups -OCH3 is 1. The van der Waals surface area contributed by atoms with Crippen LogP contribution in [0.15, 0.2) is 48.8 Å². The van der Waals surface area contributed by atoms with Crippen LogP contribution in [0.5, 0.6) is 0 Å². The summed E-state index contributed by atoms with van der Waals surface area (Å²) in [5.41, 5.74) is 4.63. The summed E-state index contributed by atoms with van der Waals surface area (Å²) in [5, 5.41) is 10.8. The lowest BCUT2D eigenvalue weighted by molar-refractivity contribution is -0.673. The van der Waals surface area contributed by atoms with E-state index in [1.807, 2.05) is 0 Å². The highest BCUT2D eigenvalue weighted by Crippen LogP contribution is 2.17. The normalized spacial score (nSPS) is 11.1. The predicted octanol–water partition coefficient (Wildman–Crippen LogP) is 2.84. The van der Waals surface area contributed by atoms with Crippen molar-refractivity contribution in [3.8, 4) is 0 Å². The minimum Gasteiger partial charge on any atom is -0.381 e. The van der Waals surface area contributed by atoms with Gasteiger partial charge in [0.25, 0.3) is 5.69 Å². The molecule has 2 aromatic carbocycles. The number of aromatic nitrogens is 2. The van der Waals surface area contributed by atoms with Gasteiger partial charge < -0.3 is 4.74 Å². The Hall–Kier alpha value is -2.73. The van der Waals surface area contributed by atoms with Crippen molar-refractivity contribution in [2.75, 3.05) is 13.7 Å². The van der Waals surface area contributed by atoms with Gasteiger partial charge >= 0.3 is 0 Å². The SMILES string of the molecule is COCC[n+]1cn(Cc2ccc([N+](=O)[O-])cc2)c2cc(C)ccc21. The number of non-ortho nitro benzene ring substituents is 1. The van der Waals surface area contributed by atoms with Crippen LogP contribution in [0.4, 0.5) is 5.69 Å². The summed E-state index contributed by atoms with van der Waals surface area (Å²) in [4.78, 5) is 10.4. The zero-order valence-corrected chi connectivity index (χ0v) is 13.8. The molecule has 0 N–H and O–H groups in total. The largest absolute Gasteiger partial charge is 0.381 e. The maximum atomic E-state index is 10.8. The third kappa shape index (κ3) is 3.28. The van der Waals surface area contributed by atoms with E-state index >= 15 is 0 Å². The van der Waals surface area contributed by atoms with Crippen molar-refractivity contribution in [1.29, 1.82) is 0 Å². The van der Waals surface area contributed by atoms with Gasteiger partial charge in [-0.25, -0.2) is 9.13 Å². The second-order valence-electron chi connectivity index (χ2n) is 5.85. The Bertz CT molecular complexity index is 869. The standard InChI is InChI=1S/C18H20N3O3/c1-14-3-8-17-18(11-14)20(13-19(17)9-10-24-2)12-15-4-6-16(7-5-15)21(22)23/h3-8,11,13H,9-10,12H2,1-2H3/q+1. The topological polar surface area (TPSA) is 61.2 Å². The second-order valence-corrected chi connectivity index (χ2v) is 5.85. The van der Waals surface area contributed by atoms with Crippen LogP contribution in [0.1, 0.15) is 11.1 Å². The number of rotatable bonds is 6. The number of nitrogens with zero attached hydrogens (tertiary/aromatic N) is 3. The molecule has 0 aliphatic heterocycles.